The molecule has 4 heteroatoms. The highest BCUT2D eigenvalue weighted by Crippen LogP contribution is 2.27. The van der Waals surface area contributed by atoms with Gasteiger partial charge in [-0.05, 0) is 47.9 Å². The summed E-state index contributed by atoms with van der Waals surface area (Å²) in [5, 5.41) is 10.7. The number of aliphatic hydroxyl groups excluding tert-OH is 1. The Morgan fingerprint density at radius 2 is 1.67 bits per heavy atom. The second kappa shape index (κ2) is 5.04. The first-order valence-electron chi connectivity index (χ1n) is 5.37. The zero-order valence-corrected chi connectivity index (χ0v) is 10.4. The molecule has 2 aromatic rings. The third kappa shape index (κ3) is 2.68. The molecule has 0 bridgehead atoms. The topological polar surface area (TPSA) is 20.2 Å². The summed E-state index contributed by atoms with van der Waals surface area (Å²) in [7, 11) is 0. The van der Waals surface area contributed by atoms with Gasteiger partial charge in [0.05, 0.1) is 0 Å². The molecule has 0 aliphatic carbocycles. The van der Waals surface area contributed by atoms with E-state index in [1.165, 1.54) is 0 Å². The van der Waals surface area contributed by atoms with Gasteiger partial charge in [0.25, 0.3) is 0 Å². The summed E-state index contributed by atoms with van der Waals surface area (Å²) in [5.74, 6) is -1.42. The zero-order chi connectivity index (χ0) is 13.3. The highest BCUT2D eigenvalue weighted by Gasteiger charge is 2.15. The summed E-state index contributed by atoms with van der Waals surface area (Å²) in [6, 6.07) is 7.96. The van der Waals surface area contributed by atoms with Crippen molar-refractivity contribution in [3.05, 3.63) is 69.7 Å². The van der Waals surface area contributed by atoms with Gasteiger partial charge in [0, 0.05) is 11.1 Å². The highest BCUT2D eigenvalue weighted by molar-refractivity contribution is 6.30. The Kier molecular flexibility index (Phi) is 3.64. The van der Waals surface area contributed by atoms with E-state index in [4.69, 9.17) is 11.6 Å². The summed E-state index contributed by atoms with van der Waals surface area (Å²) in [5.41, 5.74) is 1.52. The van der Waals surface area contributed by atoms with Crippen LogP contribution in [0.4, 0.5) is 8.78 Å². The molecule has 2 aromatic carbocycles. The standard InChI is InChI=1S/C14H11ClF2O/c1-8-4-10(15)2-3-13(8)14(18)9-5-11(16)7-12(17)6-9/h2-7,14,18H,1H3. The van der Waals surface area contributed by atoms with Crippen LogP contribution in [0, 0.1) is 18.6 Å². The van der Waals surface area contributed by atoms with Crippen molar-refractivity contribution >= 4 is 11.6 Å². The van der Waals surface area contributed by atoms with Crippen LogP contribution in [-0.2, 0) is 0 Å². The number of aryl methyl sites for hydroxylation is 1. The largest absolute Gasteiger partial charge is 0.384 e. The molecular formula is C14H11ClF2O. The predicted molar refractivity (Wildman–Crippen MR) is 66.6 cm³/mol. The van der Waals surface area contributed by atoms with Crippen molar-refractivity contribution in [3.63, 3.8) is 0 Å². The highest BCUT2D eigenvalue weighted by atomic mass is 35.5. The predicted octanol–water partition coefficient (Wildman–Crippen LogP) is 4.01. The van der Waals surface area contributed by atoms with Gasteiger partial charge in [-0.15, -0.1) is 0 Å². The molecule has 1 N–H and O–H groups in total. The Morgan fingerprint density at radius 1 is 1.06 bits per heavy atom. The maximum Gasteiger partial charge on any atom is 0.126 e. The molecule has 1 unspecified atom stereocenters. The van der Waals surface area contributed by atoms with E-state index < -0.39 is 17.7 Å². The van der Waals surface area contributed by atoms with E-state index in [0.29, 0.717) is 10.6 Å². The van der Waals surface area contributed by atoms with Crippen LogP contribution in [0.3, 0.4) is 0 Å². The number of halogens is 3. The fourth-order valence-electron chi connectivity index (χ4n) is 1.86. The van der Waals surface area contributed by atoms with Crippen LogP contribution in [0.1, 0.15) is 22.8 Å². The van der Waals surface area contributed by atoms with E-state index in [-0.39, 0.29) is 5.56 Å². The molecule has 0 amide bonds. The molecule has 0 aliphatic heterocycles. The first-order chi connectivity index (χ1) is 8.47. The van der Waals surface area contributed by atoms with Crippen molar-refractivity contribution in [2.75, 3.05) is 0 Å². The van der Waals surface area contributed by atoms with E-state index in [0.717, 1.165) is 23.8 Å². The molecule has 1 atom stereocenters. The van der Waals surface area contributed by atoms with E-state index in [2.05, 4.69) is 0 Å². The Morgan fingerprint density at radius 3 is 2.22 bits per heavy atom. The smallest absolute Gasteiger partial charge is 0.126 e. The molecule has 18 heavy (non-hydrogen) atoms. The lowest BCUT2D eigenvalue weighted by Gasteiger charge is -2.14. The molecular weight excluding hydrogens is 258 g/mol. The summed E-state index contributed by atoms with van der Waals surface area (Å²) in [6.07, 6.45) is -1.08. The van der Waals surface area contributed by atoms with Crippen LogP contribution in [-0.4, -0.2) is 5.11 Å². The lowest BCUT2D eigenvalue weighted by molar-refractivity contribution is 0.218. The molecule has 0 saturated heterocycles. The first kappa shape index (κ1) is 13.0. The lowest BCUT2D eigenvalue weighted by Crippen LogP contribution is -2.03. The number of hydrogen-bond acceptors (Lipinski definition) is 1. The van der Waals surface area contributed by atoms with Crippen molar-refractivity contribution in [2.45, 2.75) is 13.0 Å². The number of aliphatic hydroxyl groups is 1. The number of benzene rings is 2. The second-order valence-electron chi connectivity index (χ2n) is 4.11. The van der Waals surface area contributed by atoms with Crippen LogP contribution < -0.4 is 0 Å². The SMILES string of the molecule is Cc1cc(Cl)ccc1C(O)c1cc(F)cc(F)c1. The van der Waals surface area contributed by atoms with Crippen molar-refractivity contribution in [2.24, 2.45) is 0 Å². The maximum absolute atomic E-state index is 13.1. The van der Waals surface area contributed by atoms with E-state index in [9.17, 15) is 13.9 Å². The van der Waals surface area contributed by atoms with Gasteiger partial charge in [0.1, 0.15) is 17.7 Å². The van der Waals surface area contributed by atoms with Gasteiger partial charge >= 0.3 is 0 Å². The van der Waals surface area contributed by atoms with Gasteiger partial charge in [0.15, 0.2) is 0 Å². The fourth-order valence-corrected chi connectivity index (χ4v) is 2.09. The van der Waals surface area contributed by atoms with E-state index in [1.807, 2.05) is 0 Å². The molecule has 2 rings (SSSR count). The van der Waals surface area contributed by atoms with E-state index >= 15 is 0 Å². The molecule has 0 aliphatic rings. The Labute approximate surface area is 109 Å². The number of rotatable bonds is 2. The molecule has 0 spiro atoms. The molecule has 0 fully saturated rings. The van der Waals surface area contributed by atoms with Crippen molar-refractivity contribution in [1.29, 1.82) is 0 Å². The third-order valence-electron chi connectivity index (χ3n) is 2.73. The number of hydrogen-bond donors (Lipinski definition) is 1. The van der Waals surface area contributed by atoms with E-state index in [1.54, 1.807) is 25.1 Å². The minimum absolute atomic E-state index is 0.179. The van der Waals surface area contributed by atoms with Gasteiger partial charge in [-0.2, -0.15) is 0 Å². The zero-order valence-electron chi connectivity index (χ0n) is 9.62. The fraction of sp³-hybridized carbons (Fsp3) is 0.143. The Balaban J connectivity index is 2.44. The van der Waals surface area contributed by atoms with Gasteiger partial charge in [-0.3, -0.25) is 0 Å². The van der Waals surface area contributed by atoms with Gasteiger partial charge in [-0.1, -0.05) is 17.7 Å². The molecule has 0 aromatic heterocycles. The third-order valence-corrected chi connectivity index (χ3v) is 2.96. The van der Waals surface area contributed by atoms with Crippen LogP contribution >= 0.6 is 11.6 Å². The minimum Gasteiger partial charge on any atom is -0.384 e. The molecule has 94 valence electrons. The Hall–Kier alpha value is -1.45. The summed E-state index contributed by atoms with van der Waals surface area (Å²) in [4.78, 5) is 0. The molecule has 1 nitrogen and oxygen atoms in total. The monoisotopic (exact) mass is 268 g/mol. The summed E-state index contributed by atoms with van der Waals surface area (Å²) >= 11 is 5.82. The quantitative estimate of drug-likeness (QED) is 0.873. The van der Waals surface area contributed by atoms with Crippen LogP contribution in [0.2, 0.25) is 5.02 Å². The molecule has 0 radical (unpaired) electrons. The lowest BCUT2D eigenvalue weighted by atomic mass is 9.97. The normalized spacial score (nSPS) is 12.5. The van der Waals surface area contributed by atoms with Crippen LogP contribution in [0.15, 0.2) is 36.4 Å². The average molecular weight is 269 g/mol. The van der Waals surface area contributed by atoms with Gasteiger partial charge in [0.2, 0.25) is 0 Å². The first-order valence-corrected chi connectivity index (χ1v) is 5.75. The van der Waals surface area contributed by atoms with Crippen LogP contribution in [0.25, 0.3) is 0 Å². The van der Waals surface area contributed by atoms with Crippen molar-refractivity contribution in [1.82, 2.24) is 0 Å². The summed E-state index contributed by atoms with van der Waals surface area (Å²) in [6.45, 7) is 1.78. The summed E-state index contributed by atoms with van der Waals surface area (Å²) < 4.78 is 26.2. The Bertz CT molecular complexity index is 564. The minimum atomic E-state index is -1.08. The maximum atomic E-state index is 13.1. The van der Waals surface area contributed by atoms with Gasteiger partial charge < -0.3 is 5.11 Å². The average Bonchev–Trinajstić information content (AvgIpc) is 2.26. The molecule has 0 saturated carbocycles. The van der Waals surface area contributed by atoms with Crippen molar-refractivity contribution < 1.29 is 13.9 Å². The van der Waals surface area contributed by atoms with Crippen LogP contribution in [0.5, 0.6) is 0 Å². The molecule has 0 heterocycles. The second-order valence-corrected chi connectivity index (χ2v) is 4.54. The van der Waals surface area contributed by atoms with Crippen molar-refractivity contribution in [3.8, 4) is 0 Å². The van der Waals surface area contributed by atoms with Gasteiger partial charge in [-0.25, -0.2) is 8.78 Å².